The lowest BCUT2D eigenvalue weighted by Crippen LogP contribution is -2.01. The van der Waals surface area contributed by atoms with Crippen LogP contribution in [0.3, 0.4) is 0 Å². The number of hydrogen-bond acceptors (Lipinski definition) is 1. The van der Waals surface area contributed by atoms with E-state index in [4.69, 9.17) is 0 Å². The van der Waals surface area contributed by atoms with Gasteiger partial charge < -0.3 is 0 Å². The van der Waals surface area contributed by atoms with Crippen LogP contribution in [0.2, 0.25) is 0 Å². The summed E-state index contributed by atoms with van der Waals surface area (Å²) in [6.45, 7) is 0. The molecular formula is C14H14BrFN2. The minimum atomic E-state index is -0.260. The maximum Gasteiger partial charge on any atom is 0.220 e. The van der Waals surface area contributed by atoms with E-state index in [0.29, 0.717) is 5.56 Å². The second-order valence-corrected chi connectivity index (χ2v) is 5.89. The molecule has 0 saturated heterocycles. The van der Waals surface area contributed by atoms with Crippen molar-refractivity contribution in [1.82, 2.24) is 9.78 Å². The largest absolute Gasteiger partial charge is 0.220 e. The van der Waals surface area contributed by atoms with Crippen LogP contribution in [0.1, 0.15) is 29.7 Å². The van der Waals surface area contributed by atoms with Crippen LogP contribution >= 0.6 is 15.9 Å². The van der Waals surface area contributed by atoms with Crippen LogP contribution in [0, 0.1) is 11.9 Å². The van der Waals surface area contributed by atoms with Gasteiger partial charge in [-0.25, -0.2) is 4.68 Å². The van der Waals surface area contributed by atoms with E-state index in [1.807, 2.05) is 30.3 Å². The molecule has 1 atom stereocenters. The van der Waals surface area contributed by atoms with Gasteiger partial charge in [-0.05, 0) is 24.5 Å². The second kappa shape index (κ2) is 4.84. The summed E-state index contributed by atoms with van der Waals surface area (Å²) in [5.74, 6) is 0.498. The van der Waals surface area contributed by atoms with E-state index < -0.39 is 0 Å². The smallest absolute Gasteiger partial charge is 0.206 e. The summed E-state index contributed by atoms with van der Waals surface area (Å²) in [6, 6.07) is 9.37. The van der Waals surface area contributed by atoms with Gasteiger partial charge in [0.2, 0.25) is 5.95 Å². The summed E-state index contributed by atoms with van der Waals surface area (Å²) in [4.78, 5) is 0.0717. The Kier molecular flexibility index (Phi) is 3.20. The SMILES string of the molecule is Fc1c(C(Br)CC2CC2)cnn1-c1ccccc1. The maximum atomic E-state index is 14.3. The average molecular weight is 309 g/mol. The first-order valence-electron chi connectivity index (χ1n) is 6.18. The fourth-order valence-corrected chi connectivity index (χ4v) is 2.91. The molecule has 3 rings (SSSR count). The van der Waals surface area contributed by atoms with Crippen molar-refractivity contribution in [3.8, 4) is 5.69 Å². The van der Waals surface area contributed by atoms with Crippen LogP contribution in [0.15, 0.2) is 36.5 Å². The number of para-hydroxylation sites is 1. The maximum absolute atomic E-state index is 14.3. The first-order valence-corrected chi connectivity index (χ1v) is 7.10. The van der Waals surface area contributed by atoms with Gasteiger partial charge in [-0.1, -0.05) is 47.0 Å². The quantitative estimate of drug-likeness (QED) is 0.772. The number of halogens is 2. The molecule has 1 saturated carbocycles. The molecular weight excluding hydrogens is 295 g/mol. The fraction of sp³-hybridized carbons (Fsp3) is 0.357. The second-order valence-electron chi connectivity index (χ2n) is 4.78. The number of rotatable bonds is 4. The number of aromatic nitrogens is 2. The van der Waals surface area contributed by atoms with Crippen LogP contribution in [-0.4, -0.2) is 9.78 Å². The molecule has 2 aromatic rings. The molecule has 1 aliphatic rings. The Hall–Kier alpha value is -1.16. The molecule has 0 aliphatic heterocycles. The lowest BCUT2D eigenvalue weighted by atomic mass is 10.1. The predicted molar refractivity (Wildman–Crippen MR) is 72.5 cm³/mol. The third-order valence-corrected chi connectivity index (χ3v) is 4.18. The Labute approximate surface area is 114 Å². The zero-order chi connectivity index (χ0) is 12.5. The van der Waals surface area contributed by atoms with Crippen molar-refractivity contribution in [2.45, 2.75) is 24.1 Å². The number of benzene rings is 1. The lowest BCUT2D eigenvalue weighted by Gasteiger charge is -2.07. The van der Waals surface area contributed by atoms with Crippen molar-refractivity contribution in [1.29, 1.82) is 0 Å². The molecule has 4 heteroatoms. The van der Waals surface area contributed by atoms with Gasteiger partial charge in [0.15, 0.2) is 0 Å². The van der Waals surface area contributed by atoms with E-state index in [0.717, 1.165) is 18.0 Å². The molecule has 0 amide bonds. The van der Waals surface area contributed by atoms with Gasteiger partial charge in [-0.3, -0.25) is 0 Å². The zero-order valence-corrected chi connectivity index (χ0v) is 11.5. The summed E-state index contributed by atoms with van der Waals surface area (Å²) in [5.41, 5.74) is 1.41. The average Bonchev–Trinajstić information content (AvgIpc) is 3.11. The normalized spacial score (nSPS) is 16.8. The first-order chi connectivity index (χ1) is 8.75. The number of hydrogen-bond donors (Lipinski definition) is 0. The molecule has 2 nitrogen and oxygen atoms in total. The monoisotopic (exact) mass is 308 g/mol. The van der Waals surface area contributed by atoms with Crippen molar-refractivity contribution in [3.05, 3.63) is 48.0 Å². The standard InChI is InChI=1S/C14H14BrFN2/c15-13(8-10-6-7-10)12-9-17-18(14(12)16)11-4-2-1-3-5-11/h1-5,9-10,13H,6-8H2. The predicted octanol–water partition coefficient (Wildman–Crippen LogP) is 4.25. The highest BCUT2D eigenvalue weighted by molar-refractivity contribution is 9.09. The van der Waals surface area contributed by atoms with Crippen molar-refractivity contribution in [3.63, 3.8) is 0 Å². The van der Waals surface area contributed by atoms with Crippen LogP contribution in [0.5, 0.6) is 0 Å². The number of alkyl halides is 1. The molecule has 1 aromatic heterocycles. The summed E-state index contributed by atoms with van der Waals surface area (Å²) in [6.07, 6.45) is 5.18. The third-order valence-electron chi connectivity index (χ3n) is 3.31. The molecule has 94 valence electrons. The highest BCUT2D eigenvalue weighted by Gasteiger charge is 2.27. The molecule has 0 spiro atoms. The van der Waals surface area contributed by atoms with E-state index in [9.17, 15) is 4.39 Å². The van der Waals surface area contributed by atoms with Gasteiger partial charge in [0.1, 0.15) is 0 Å². The summed E-state index contributed by atoms with van der Waals surface area (Å²) >= 11 is 3.57. The van der Waals surface area contributed by atoms with E-state index in [1.54, 1.807) is 6.20 Å². The van der Waals surface area contributed by atoms with E-state index in [1.165, 1.54) is 17.5 Å². The van der Waals surface area contributed by atoms with Crippen molar-refractivity contribution in [2.75, 3.05) is 0 Å². The Morgan fingerprint density at radius 2 is 2.06 bits per heavy atom. The Morgan fingerprint density at radius 1 is 1.33 bits per heavy atom. The fourth-order valence-electron chi connectivity index (χ4n) is 2.08. The molecule has 1 heterocycles. The summed E-state index contributed by atoms with van der Waals surface area (Å²) in [7, 11) is 0. The van der Waals surface area contributed by atoms with Crippen molar-refractivity contribution < 1.29 is 4.39 Å². The van der Waals surface area contributed by atoms with Crippen LogP contribution in [0.4, 0.5) is 4.39 Å². The highest BCUT2D eigenvalue weighted by atomic mass is 79.9. The Morgan fingerprint density at radius 3 is 2.72 bits per heavy atom. The van der Waals surface area contributed by atoms with Crippen molar-refractivity contribution >= 4 is 15.9 Å². The van der Waals surface area contributed by atoms with Gasteiger partial charge in [0, 0.05) is 10.4 Å². The summed E-state index contributed by atoms with van der Waals surface area (Å²) in [5, 5.41) is 4.15. The molecule has 0 N–H and O–H groups in total. The van der Waals surface area contributed by atoms with Crippen LogP contribution < -0.4 is 0 Å². The third kappa shape index (κ3) is 2.34. The molecule has 1 aliphatic carbocycles. The minimum absolute atomic E-state index is 0.0717. The lowest BCUT2D eigenvalue weighted by molar-refractivity contribution is 0.521. The van der Waals surface area contributed by atoms with Gasteiger partial charge in [-0.2, -0.15) is 9.49 Å². The molecule has 0 radical (unpaired) electrons. The van der Waals surface area contributed by atoms with E-state index >= 15 is 0 Å². The first kappa shape index (κ1) is 11.9. The topological polar surface area (TPSA) is 17.8 Å². The summed E-state index contributed by atoms with van der Waals surface area (Å²) < 4.78 is 15.7. The Bertz CT molecular complexity index is 534. The van der Waals surface area contributed by atoms with Gasteiger partial charge in [0.25, 0.3) is 0 Å². The Balaban J connectivity index is 1.87. The molecule has 1 aromatic carbocycles. The van der Waals surface area contributed by atoms with Crippen molar-refractivity contribution in [2.24, 2.45) is 5.92 Å². The van der Waals surface area contributed by atoms with Gasteiger partial charge >= 0.3 is 0 Å². The molecule has 1 fully saturated rings. The minimum Gasteiger partial charge on any atom is -0.206 e. The zero-order valence-electron chi connectivity index (χ0n) is 9.89. The van der Waals surface area contributed by atoms with Gasteiger partial charge in [0.05, 0.1) is 11.9 Å². The molecule has 1 unspecified atom stereocenters. The molecule has 0 bridgehead atoms. The van der Waals surface area contributed by atoms with Crippen LogP contribution in [-0.2, 0) is 0 Å². The number of nitrogens with zero attached hydrogens (tertiary/aromatic N) is 2. The van der Waals surface area contributed by atoms with Gasteiger partial charge in [-0.15, -0.1) is 0 Å². The van der Waals surface area contributed by atoms with Crippen LogP contribution in [0.25, 0.3) is 5.69 Å². The van der Waals surface area contributed by atoms with E-state index in [-0.39, 0.29) is 10.8 Å². The highest BCUT2D eigenvalue weighted by Crippen LogP contribution is 2.41. The van der Waals surface area contributed by atoms with E-state index in [2.05, 4.69) is 21.0 Å². The molecule has 18 heavy (non-hydrogen) atoms.